The summed E-state index contributed by atoms with van der Waals surface area (Å²) in [5.74, 6) is 0.457. The first-order valence-electron chi connectivity index (χ1n) is 8.27. The van der Waals surface area contributed by atoms with Crippen LogP contribution in [0.25, 0.3) is 0 Å². The van der Waals surface area contributed by atoms with Gasteiger partial charge in [-0.05, 0) is 36.3 Å². The van der Waals surface area contributed by atoms with Gasteiger partial charge in [-0.1, -0.05) is 0 Å². The summed E-state index contributed by atoms with van der Waals surface area (Å²) in [7, 11) is 0. The highest BCUT2D eigenvalue weighted by atomic mass is 32.1. The Hall–Kier alpha value is -2.02. The Labute approximate surface area is 144 Å². The molecule has 0 unspecified atom stereocenters. The highest BCUT2D eigenvalue weighted by Crippen LogP contribution is 2.28. The SMILES string of the molecule is O=C(C1CCN(c2ncc(F)cn2)CC1)N1CCc2sccc2C1. The molecule has 1 fully saturated rings. The van der Waals surface area contributed by atoms with Gasteiger partial charge in [-0.3, -0.25) is 4.79 Å². The van der Waals surface area contributed by atoms with Crippen molar-refractivity contribution < 1.29 is 9.18 Å². The fourth-order valence-electron chi connectivity index (χ4n) is 3.49. The van der Waals surface area contributed by atoms with Crippen molar-refractivity contribution in [3.05, 3.63) is 40.1 Å². The molecule has 2 aromatic heterocycles. The smallest absolute Gasteiger partial charge is 0.226 e. The normalized spacial score (nSPS) is 18.5. The third-order valence-corrected chi connectivity index (χ3v) is 5.88. The molecule has 0 bridgehead atoms. The molecule has 7 heteroatoms. The van der Waals surface area contributed by atoms with Crippen molar-refractivity contribution in [1.29, 1.82) is 0 Å². The zero-order chi connectivity index (χ0) is 16.5. The Balaban J connectivity index is 1.36. The van der Waals surface area contributed by atoms with Gasteiger partial charge in [-0.2, -0.15) is 0 Å². The first-order chi connectivity index (χ1) is 11.7. The molecule has 0 saturated carbocycles. The van der Waals surface area contributed by atoms with E-state index in [0.717, 1.165) is 45.4 Å². The second-order valence-corrected chi connectivity index (χ2v) is 7.34. The number of nitrogens with zero attached hydrogens (tertiary/aromatic N) is 4. The van der Waals surface area contributed by atoms with Crippen LogP contribution in [0.4, 0.5) is 10.3 Å². The van der Waals surface area contributed by atoms with E-state index in [-0.39, 0.29) is 11.8 Å². The van der Waals surface area contributed by atoms with Crippen molar-refractivity contribution in [2.45, 2.75) is 25.8 Å². The predicted molar refractivity (Wildman–Crippen MR) is 90.4 cm³/mol. The Bertz CT molecular complexity index is 724. The summed E-state index contributed by atoms with van der Waals surface area (Å²) >= 11 is 1.79. The number of aromatic nitrogens is 2. The second-order valence-electron chi connectivity index (χ2n) is 6.34. The highest BCUT2D eigenvalue weighted by molar-refractivity contribution is 7.10. The van der Waals surface area contributed by atoms with E-state index in [2.05, 4.69) is 21.4 Å². The molecule has 2 aliphatic rings. The lowest BCUT2D eigenvalue weighted by Gasteiger charge is -2.35. The molecule has 4 heterocycles. The molecular weight excluding hydrogens is 327 g/mol. The third-order valence-electron chi connectivity index (χ3n) is 4.85. The molecule has 126 valence electrons. The zero-order valence-corrected chi connectivity index (χ0v) is 14.1. The van der Waals surface area contributed by atoms with Crippen molar-refractivity contribution >= 4 is 23.2 Å². The molecule has 0 aliphatic carbocycles. The summed E-state index contributed by atoms with van der Waals surface area (Å²) < 4.78 is 12.9. The molecule has 24 heavy (non-hydrogen) atoms. The number of piperidine rings is 1. The van der Waals surface area contributed by atoms with Gasteiger partial charge < -0.3 is 9.80 Å². The molecule has 2 aliphatic heterocycles. The zero-order valence-electron chi connectivity index (χ0n) is 13.3. The topological polar surface area (TPSA) is 49.3 Å². The van der Waals surface area contributed by atoms with Crippen LogP contribution in [0.15, 0.2) is 23.8 Å². The number of halogens is 1. The number of anilines is 1. The van der Waals surface area contributed by atoms with Crippen molar-refractivity contribution in [3.8, 4) is 0 Å². The van der Waals surface area contributed by atoms with Gasteiger partial charge in [0, 0.05) is 37.0 Å². The third kappa shape index (κ3) is 3.00. The maximum absolute atomic E-state index is 12.9. The molecule has 1 amide bonds. The summed E-state index contributed by atoms with van der Waals surface area (Å²) in [6, 6.07) is 2.13. The number of fused-ring (bicyclic) bond motifs is 1. The fourth-order valence-corrected chi connectivity index (χ4v) is 4.38. The van der Waals surface area contributed by atoms with Crippen LogP contribution in [0.2, 0.25) is 0 Å². The summed E-state index contributed by atoms with van der Waals surface area (Å²) in [6.45, 7) is 3.05. The van der Waals surface area contributed by atoms with E-state index in [1.54, 1.807) is 11.3 Å². The lowest BCUT2D eigenvalue weighted by atomic mass is 9.94. The minimum absolute atomic E-state index is 0.0712. The first kappa shape index (κ1) is 15.5. The number of hydrogen-bond donors (Lipinski definition) is 0. The maximum atomic E-state index is 12.9. The summed E-state index contributed by atoms with van der Waals surface area (Å²) in [5, 5.41) is 2.11. The standard InChI is InChI=1S/C17H19FN4OS/c18-14-9-19-17(20-10-14)21-5-1-12(2-6-21)16(23)22-7-3-15-13(11-22)4-8-24-15/h4,8-10,12H,1-3,5-7,11H2. The van der Waals surface area contributed by atoms with Gasteiger partial charge in [0.05, 0.1) is 12.4 Å². The van der Waals surface area contributed by atoms with Crippen molar-refractivity contribution in [2.24, 2.45) is 5.92 Å². The number of thiophene rings is 1. The van der Waals surface area contributed by atoms with E-state index in [0.29, 0.717) is 5.95 Å². The molecule has 0 N–H and O–H groups in total. The van der Waals surface area contributed by atoms with E-state index in [1.165, 1.54) is 22.8 Å². The van der Waals surface area contributed by atoms with Crippen LogP contribution in [-0.2, 0) is 17.8 Å². The number of carbonyl (C=O) groups excluding carboxylic acids is 1. The van der Waals surface area contributed by atoms with Crippen molar-refractivity contribution in [2.75, 3.05) is 24.5 Å². The summed E-state index contributed by atoms with van der Waals surface area (Å²) in [4.78, 5) is 26.3. The summed E-state index contributed by atoms with van der Waals surface area (Å²) in [6.07, 6.45) is 4.94. The number of carbonyl (C=O) groups is 1. The van der Waals surface area contributed by atoms with Crippen molar-refractivity contribution in [1.82, 2.24) is 14.9 Å². The average Bonchev–Trinajstić information content (AvgIpc) is 3.09. The molecule has 0 atom stereocenters. The van der Waals surface area contributed by atoms with Gasteiger partial charge in [0.25, 0.3) is 0 Å². The van der Waals surface area contributed by atoms with E-state index in [1.807, 2.05) is 9.80 Å². The van der Waals surface area contributed by atoms with Crippen LogP contribution in [0, 0.1) is 11.7 Å². The van der Waals surface area contributed by atoms with Crippen LogP contribution >= 0.6 is 11.3 Å². The fraction of sp³-hybridized carbons (Fsp3) is 0.471. The molecule has 1 saturated heterocycles. The largest absolute Gasteiger partial charge is 0.341 e. The molecular formula is C17H19FN4OS. The van der Waals surface area contributed by atoms with E-state index in [4.69, 9.17) is 0 Å². The van der Waals surface area contributed by atoms with Crippen LogP contribution in [-0.4, -0.2) is 40.4 Å². The lowest BCUT2D eigenvalue weighted by Crippen LogP contribution is -2.44. The number of amides is 1. The van der Waals surface area contributed by atoms with Gasteiger partial charge in [0.1, 0.15) is 0 Å². The van der Waals surface area contributed by atoms with Gasteiger partial charge in [-0.25, -0.2) is 14.4 Å². The molecule has 0 radical (unpaired) electrons. The predicted octanol–water partition coefficient (Wildman–Crippen LogP) is 2.48. The number of rotatable bonds is 2. The van der Waals surface area contributed by atoms with Crippen LogP contribution in [0.5, 0.6) is 0 Å². The average molecular weight is 346 g/mol. The first-order valence-corrected chi connectivity index (χ1v) is 9.15. The van der Waals surface area contributed by atoms with Gasteiger partial charge in [-0.15, -0.1) is 11.3 Å². The Kier molecular flexibility index (Phi) is 4.18. The molecule has 2 aromatic rings. The van der Waals surface area contributed by atoms with Gasteiger partial charge in [0.2, 0.25) is 11.9 Å². The lowest BCUT2D eigenvalue weighted by molar-refractivity contribution is -0.137. The number of hydrogen-bond acceptors (Lipinski definition) is 5. The van der Waals surface area contributed by atoms with E-state index < -0.39 is 5.82 Å². The Morgan fingerprint density at radius 3 is 2.71 bits per heavy atom. The van der Waals surface area contributed by atoms with Crippen molar-refractivity contribution in [3.63, 3.8) is 0 Å². The van der Waals surface area contributed by atoms with Crippen LogP contribution in [0.3, 0.4) is 0 Å². The van der Waals surface area contributed by atoms with E-state index in [9.17, 15) is 9.18 Å². The quantitative estimate of drug-likeness (QED) is 0.838. The maximum Gasteiger partial charge on any atom is 0.226 e. The Morgan fingerprint density at radius 1 is 1.21 bits per heavy atom. The molecule has 4 rings (SSSR count). The monoisotopic (exact) mass is 346 g/mol. The molecule has 5 nitrogen and oxygen atoms in total. The minimum atomic E-state index is -0.429. The molecule has 0 spiro atoms. The Morgan fingerprint density at radius 2 is 1.96 bits per heavy atom. The van der Waals surface area contributed by atoms with Gasteiger partial charge >= 0.3 is 0 Å². The van der Waals surface area contributed by atoms with Crippen LogP contribution < -0.4 is 4.90 Å². The summed E-state index contributed by atoms with van der Waals surface area (Å²) in [5.41, 5.74) is 1.30. The minimum Gasteiger partial charge on any atom is -0.341 e. The van der Waals surface area contributed by atoms with Gasteiger partial charge in [0.15, 0.2) is 5.82 Å². The van der Waals surface area contributed by atoms with Crippen LogP contribution in [0.1, 0.15) is 23.3 Å². The van der Waals surface area contributed by atoms with E-state index >= 15 is 0 Å². The highest BCUT2D eigenvalue weighted by Gasteiger charge is 2.31. The second kappa shape index (κ2) is 6.47. The molecule has 0 aromatic carbocycles.